The molecule has 0 saturated heterocycles. The van der Waals surface area contributed by atoms with E-state index in [-0.39, 0.29) is 0 Å². The normalized spacial score (nSPS) is 15.4. The number of thioether (sulfide) groups is 1. The molecule has 0 N–H and O–H groups in total. The van der Waals surface area contributed by atoms with E-state index in [4.69, 9.17) is 1.37 Å². The monoisotopic (exact) mass is 301 g/mol. The molecular formula is C18H24SSi. The second kappa shape index (κ2) is 7.14. The maximum Gasteiger partial charge on any atom is 0.0532 e. The molecule has 2 aromatic rings. The van der Waals surface area contributed by atoms with Crippen molar-refractivity contribution in [1.29, 1.82) is 0 Å². The first-order chi connectivity index (χ1) is 9.93. The highest BCUT2D eigenvalue weighted by molar-refractivity contribution is 7.98. The Morgan fingerprint density at radius 1 is 0.950 bits per heavy atom. The van der Waals surface area contributed by atoms with Crippen LogP contribution in [0.25, 0.3) is 0 Å². The Morgan fingerprint density at radius 3 is 2.05 bits per heavy atom. The van der Waals surface area contributed by atoms with Crippen LogP contribution in [0.15, 0.2) is 60.7 Å². The van der Waals surface area contributed by atoms with E-state index in [1.807, 2.05) is 17.8 Å². The third-order valence-corrected chi connectivity index (χ3v) is 6.95. The highest BCUT2D eigenvalue weighted by Crippen LogP contribution is 2.31. The van der Waals surface area contributed by atoms with Crippen LogP contribution < -0.4 is 0 Å². The zero-order chi connectivity index (χ0) is 15.3. The third kappa shape index (κ3) is 4.53. The molecule has 20 heavy (non-hydrogen) atoms. The molecule has 0 bridgehead atoms. The van der Waals surface area contributed by atoms with E-state index in [0.717, 1.165) is 11.5 Å². The molecule has 0 aromatic heterocycles. The van der Waals surface area contributed by atoms with Crippen LogP contribution in [0.1, 0.15) is 18.0 Å². The zero-order valence-corrected chi connectivity index (χ0v) is 14.4. The Hall–Kier alpha value is -0.993. The van der Waals surface area contributed by atoms with Gasteiger partial charge in [-0.25, -0.2) is 0 Å². The minimum atomic E-state index is -1.64. The lowest BCUT2D eigenvalue weighted by atomic mass is 10.2. The lowest BCUT2D eigenvalue weighted by molar-refractivity contribution is 1.03. The van der Waals surface area contributed by atoms with Crippen LogP contribution in [0.2, 0.25) is 19.6 Å². The van der Waals surface area contributed by atoms with Crippen LogP contribution in [-0.4, -0.2) is 13.8 Å². The van der Waals surface area contributed by atoms with Gasteiger partial charge >= 0.3 is 0 Å². The van der Waals surface area contributed by atoms with E-state index in [1.54, 1.807) is 0 Å². The maximum absolute atomic E-state index is 9.12. The molecule has 0 spiro atoms. The van der Waals surface area contributed by atoms with Gasteiger partial charge in [0.05, 0.1) is 8.07 Å². The third-order valence-electron chi connectivity index (χ3n) is 3.39. The minimum absolute atomic E-state index is 0.437. The molecule has 0 amide bonds. The average Bonchev–Trinajstić information content (AvgIpc) is 2.48. The minimum Gasteiger partial charge on any atom is -0.157 e. The molecule has 0 radical (unpaired) electrons. The first-order valence-corrected chi connectivity index (χ1v) is 11.8. The quantitative estimate of drug-likeness (QED) is 0.627. The summed E-state index contributed by atoms with van der Waals surface area (Å²) in [5.41, 5.74) is 2.08. The molecule has 0 saturated carbocycles. The molecule has 0 aliphatic rings. The van der Waals surface area contributed by atoms with Gasteiger partial charge in [-0.05, 0) is 22.4 Å². The van der Waals surface area contributed by atoms with Crippen LogP contribution in [0.5, 0.6) is 0 Å². The van der Waals surface area contributed by atoms with Crippen molar-refractivity contribution in [3.05, 3.63) is 71.8 Å². The van der Waals surface area contributed by atoms with E-state index < -0.39 is 13.6 Å². The summed E-state index contributed by atoms with van der Waals surface area (Å²) in [6, 6.07) is 20.9. The molecule has 106 valence electrons. The summed E-state index contributed by atoms with van der Waals surface area (Å²) in [6.07, 6.45) is 0. The number of hydrogen-bond donors (Lipinski definition) is 0. The fourth-order valence-electron chi connectivity index (χ4n) is 2.22. The second-order valence-corrected chi connectivity index (χ2v) is 12.2. The highest BCUT2D eigenvalue weighted by atomic mass is 32.2. The SMILES string of the molecule is [2H]C(CSCc1ccccc1)(c1ccccc1)[Si](C)(C)C. The molecular weight excluding hydrogens is 276 g/mol. The predicted molar refractivity (Wildman–Crippen MR) is 95.1 cm³/mol. The summed E-state index contributed by atoms with van der Waals surface area (Å²) >= 11 is 1.88. The van der Waals surface area contributed by atoms with Crippen molar-refractivity contribution in [3.8, 4) is 0 Å². The molecule has 2 rings (SSSR count). The van der Waals surface area contributed by atoms with Crippen LogP contribution in [0, 0.1) is 0 Å². The Bertz CT molecular complexity index is 550. The van der Waals surface area contributed by atoms with Crippen molar-refractivity contribution in [3.63, 3.8) is 0 Å². The Labute approximate surface area is 130 Å². The van der Waals surface area contributed by atoms with Gasteiger partial charge in [0, 0.05) is 7.12 Å². The average molecular weight is 302 g/mol. The highest BCUT2D eigenvalue weighted by Gasteiger charge is 2.27. The van der Waals surface area contributed by atoms with Crippen molar-refractivity contribution in [2.75, 3.05) is 5.75 Å². The molecule has 0 nitrogen and oxygen atoms in total. The van der Waals surface area contributed by atoms with Crippen molar-refractivity contribution >= 4 is 19.8 Å². The van der Waals surface area contributed by atoms with E-state index in [1.165, 1.54) is 11.1 Å². The maximum atomic E-state index is 9.12. The second-order valence-electron chi connectivity index (χ2n) is 6.07. The topological polar surface area (TPSA) is 0 Å². The van der Waals surface area contributed by atoms with Crippen molar-refractivity contribution in [2.45, 2.75) is 30.9 Å². The van der Waals surface area contributed by atoms with Gasteiger partial charge in [0.25, 0.3) is 0 Å². The van der Waals surface area contributed by atoms with Crippen molar-refractivity contribution in [1.82, 2.24) is 0 Å². The summed E-state index contributed by atoms with van der Waals surface area (Å²) in [5.74, 6) is 1.85. The van der Waals surface area contributed by atoms with Gasteiger partial charge in [0.15, 0.2) is 0 Å². The first-order valence-electron chi connectivity index (χ1n) is 7.61. The molecule has 2 heteroatoms. The van der Waals surface area contributed by atoms with Gasteiger partial charge in [-0.15, -0.1) is 0 Å². The fraction of sp³-hybridized carbons (Fsp3) is 0.333. The lowest BCUT2D eigenvalue weighted by Crippen LogP contribution is -2.32. The van der Waals surface area contributed by atoms with Crippen LogP contribution >= 0.6 is 11.8 Å². The van der Waals surface area contributed by atoms with Gasteiger partial charge in [-0.1, -0.05) is 80.3 Å². The van der Waals surface area contributed by atoms with Gasteiger partial charge in [-0.3, -0.25) is 0 Å². The molecule has 0 aliphatic heterocycles. The summed E-state index contributed by atoms with van der Waals surface area (Å²) in [7, 11) is -1.64. The number of benzene rings is 2. The van der Waals surface area contributed by atoms with Crippen LogP contribution in [-0.2, 0) is 5.75 Å². The van der Waals surface area contributed by atoms with Crippen LogP contribution in [0.4, 0.5) is 0 Å². The van der Waals surface area contributed by atoms with Crippen molar-refractivity contribution < 1.29 is 1.37 Å². The molecule has 1 unspecified atom stereocenters. The summed E-state index contributed by atoms with van der Waals surface area (Å²) in [6.45, 7) is 6.90. The van der Waals surface area contributed by atoms with Gasteiger partial charge in [0.1, 0.15) is 0 Å². The standard InChI is InChI=1S/C18H24SSi/c1-20(2,3)18(17-12-8-5-9-13-17)15-19-14-16-10-6-4-7-11-16/h4-13,18H,14-15H2,1-3H3/i18D. The molecule has 0 aliphatic carbocycles. The predicted octanol–water partition coefficient (Wildman–Crippen LogP) is 5.58. The Kier molecular flexibility index (Phi) is 4.99. The number of hydrogen-bond acceptors (Lipinski definition) is 1. The Balaban J connectivity index is 2.11. The van der Waals surface area contributed by atoms with E-state index in [9.17, 15) is 0 Å². The summed E-state index contributed by atoms with van der Waals surface area (Å²) in [5, 5.41) is 0. The van der Waals surface area contributed by atoms with Crippen LogP contribution in [0.3, 0.4) is 0 Å². The summed E-state index contributed by atoms with van der Waals surface area (Å²) < 4.78 is 9.12. The largest absolute Gasteiger partial charge is 0.157 e. The van der Waals surface area contributed by atoms with Gasteiger partial charge in [-0.2, -0.15) is 11.8 Å². The molecule has 1 atom stereocenters. The molecule has 0 fully saturated rings. The zero-order valence-electron chi connectivity index (χ0n) is 13.6. The molecule has 2 aromatic carbocycles. The summed E-state index contributed by atoms with van der Waals surface area (Å²) in [4.78, 5) is 0. The number of rotatable bonds is 6. The smallest absolute Gasteiger partial charge is 0.0532 e. The van der Waals surface area contributed by atoms with Crippen molar-refractivity contribution in [2.24, 2.45) is 0 Å². The van der Waals surface area contributed by atoms with Gasteiger partial charge < -0.3 is 0 Å². The fourth-order valence-corrected chi connectivity index (χ4v) is 6.19. The van der Waals surface area contributed by atoms with E-state index in [0.29, 0.717) is 0 Å². The van der Waals surface area contributed by atoms with E-state index >= 15 is 0 Å². The lowest BCUT2D eigenvalue weighted by Gasteiger charge is -2.29. The van der Waals surface area contributed by atoms with Gasteiger partial charge in [0.2, 0.25) is 0 Å². The Morgan fingerprint density at radius 2 is 1.50 bits per heavy atom. The first kappa shape index (κ1) is 14.0. The van der Waals surface area contributed by atoms with E-state index in [2.05, 4.69) is 74.2 Å². The molecule has 0 heterocycles.